The number of carbonyl (C=O) groups is 2. The fourth-order valence-corrected chi connectivity index (χ4v) is 2.22. The average Bonchev–Trinajstić information content (AvgIpc) is 2.59. The Hall–Kier alpha value is -2.66. The second kappa shape index (κ2) is 7.94. The van der Waals surface area contributed by atoms with Crippen molar-refractivity contribution in [3.8, 4) is 11.1 Å². The number of aliphatic hydroxyl groups excluding tert-OH is 1. The first kappa shape index (κ1) is 18.7. The Bertz CT molecular complexity index is 736. The Morgan fingerprint density at radius 1 is 0.960 bits per heavy atom. The molecular formula is C20H24N2O3. The molecule has 1 atom stereocenters. The number of rotatable bonds is 4. The van der Waals surface area contributed by atoms with Crippen LogP contribution in [0.2, 0.25) is 0 Å². The van der Waals surface area contributed by atoms with Gasteiger partial charge in [-0.3, -0.25) is 9.59 Å². The van der Waals surface area contributed by atoms with Gasteiger partial charge in [-0.25, -0.2) is 0 Å². The molecule has 132 valence electrons. The molecular weight excluding hydrogens is 316 g/mol. The van der Waals surface area contributed by atoms with Gasteiger partial charge in [0.15, 0.2) is 0 Å². The van der Waals surface area contributed by atoms with Gasteiger partial charge in [0, 0.05) is 17.8 Å². The van der Waals surface area contributed by atoms with Gasteiger partial charge in [0.1, 0.15) is 0 Å². The monoisotopic (exact) mass is 340 g/mol. The molecule has 0 aliphatic rings. The van der Waals surface area contributed by atoms with E-state index in [2.05, 4.69) is 10.6 Å². The van der Waals surface area contributed by atoms with Crippen molar-refractivity contribution >= 4 is 17.5 Å². The largest absolute Gasteiger partial charge is 0.391 e. The molecule has 1 unspecified atom stereocenters. The van der Waals surface area contributed by atoms with Gasteiger partial charge in [0.2, 0.25) is 0 Å². The van der Waals surface area contributed by atoms with Gasteiger partial charge in [-0.2, -0.15) is 0 Å². The Morgan fingerprint density at radius 3 is 2.20 bits per heavy atom. The molecule has 3 N–H and O–H groups in total. The smallest absolute Gasteiger partial charge is 0.313 e. The summed E-state index contributed by atoms with van der Waals surface area (Å²) in [6.07, 6.45) is -0.735. The van der Waals surface area contributed by atoms with Gasteiger partial charge in [0.25, 0.3) is 0 Å². The number of hydrogen-bond donors (Lipinski definition) is 3. The van der Waals surface area contributed by atoms with Crippen molar-refractivity contribution in [1.29, 1.82) is 0 Å². The summed E-state index contributed by atoms with van der Waals surface area (Å²) in [7, 11) is 0. The molecule has 0 saturated carbocycles. The highest BCUT2D eigenvalue weighted by Gasteiger charge is 2.24. The molecule has 2 rings (SSSR count). The topological polar surface area (TPSA) is 78.4 Å². The molecule has 25 heavy (non-hydrogen) atoms. The van der Waals surface area contributed by atoms with Crippen LogP contribution < -0.4 is 10.6 Å². The summed E-state index contributed by atoms with van der Waals surface area (Å²) in [6, 6.07) is 16.9. The standard InChI is InChI=1S/C20H24N2O3/c1-20(2,3)17(23)13-21-18(24)19(25)22-16-12-8-7-11-15(16)14-9-5-4-6-10-14/h4-12,17,23H,13H2,1-3H3,(H,21,24)(H,22,25). The van der Waals surface area contributed by atoms with Crippen molar-refractivity contribution in [2.75, 3.05) is 11.9 Å². The molecule has 0 radical (unpaired) electrons. The van der Waals surface area contributed by atoms with Crippen LogP contribution in [0.25, 0.3) is 11.1 Å². The molecule has 0 fully saturated rings. The van der Waals surface area contributed by atoms with Crippen molar-refractivity contribution in [2.45, 2.75) is 26.9 Å². The van der Waals surface area contributed by atoms with E-state index in [0.717, 1.165) is 11.1 Å². The molecule has 2 aromatic rings. The lowest BCUT2D eigenvalue weighted by molar-refractivity contribution is -0.136. The van der Waals surface area contributed by atoms with E-state index in [1.165, 1.54) is 0 Å². The zero-order valence-corrected chi connectivity index (χ0v) is 14.7. The summed E-state index contributed by atoms with van der Waals surface area (Å²) in [5, 5.41) is 15.1. The van der Waals surface area contributed by atoms with E-state index in [4.69, 9.17) is 0 Å². The van der Waals surface area contributed by atoms with Crippen molar-refractivity contribution in [2.24, 2.45) is 5.41 Å². The summed E-state index contributed by atoms with van der Waals surface area (Å²) in [5.41, 5.74) is 1.97. The van der Waals surface area contributed by atoms with Crippen LogP contribution in [0, 0.1) is 5.41 Å². The van der Waals surface area contributed by atoms with Gasteiger partial charge in [-0.1, -0.05) is 69.3 Å². The molecule has 5 nitrogen and oxygen atoms in total. The third kappa shape index (κ3) is 5.16. The molecule has 0 aliphatic heterocycles. The van der Waals surface area contributed by atoms with E-state index in [1.807, 2.05) is 63.2 Å². The number of benzene rings is 2. The molecule has 0 aromatic heterocycles. The second-order valence-electron chi connectivity index (χ2n) is 6.96. The van der Waals surface area contributed by atoms with Crippen molar-refractivity contribution < 1.29 is 14.7 Å². The minimum Gasteiger partial charge on any atom is -0.391 e. The first-order chi connectivity index (χ1) is 11.8. The normalized spacial score (nSPS) is 12.3. The number of carbonyl (C=O) groups excluding carboxylic acids is 2. The minimum atomic E-state index is -0.772. The first-order valence-electron chi connectivity index (χ1n) is 8.20. The number of hydrogen-bond acceptors (Lipinski definition) is 3. The lowest BCUT2D eigenvalue weighted by Gasteiger charge is -2.25. The minimum absolute atomic E-state index is 0.0239. The summed E-state index contributed by atoms with van der Waals surface area (Å²) in [4.78, 5) is 24.1. The summed E-state index contributed by atoms with van der Waals surface area (Å²) in [6.45, 7) is 5.61. The van der Waals surface area contributed by atoms with Crippen LogP contribution in [0.4, 0.5) is 5.69 Å². The number of nitrogens with one attached hydrogen (secondary N) is 2. The fourth-order valence-electron chi connectivity index (χ4n) is 2.22. The van der Waals surface area contributed by atoms with Crippen LogP contribution >= 0.6 is 0 Å². The third-order valence-corrected chi connectivity index (χ3v) is 3.92. The Morgan fingerprint density at radius 2 is 1.56 bits per heavy atom. The van der Waals surface area contributed by atoms with Crippen LogP contribution in [-0.4, -0.2) is 29.6 Å². The number of anilines is 1. The Labute approximate surface area is 148 Å². The predicted molar refractivity (Wildman–Crippen MR) is 99.0 cm³/mol. The molecule has 2 aromatic carbocycles. The van der Waals surface area contributed by atoms with Crippen molar-refractivity contribution in [1.82, 2.24) is 5.32 Å². The van der Waals surface area contributed by atoms with E-state index < -0.39 is 17.9 Å². The van der Waals surface area contributed by atoms with E-state index >= 15 is 0 Å². The maximum Gasteiger partial charge on any atom is 0.313 e. The SMILES string of the molecule is CC(C)(C)C(O)CNC(=O)C(=O)Nc1ccccc1-c1ccccc1. The third-order valence-electron chi connectivity index (χ3n) is 3.92. The summed E-state index contributed by atoms with van der Waals surface area (Å²) < 4.78 is 0. The lowest BCUT2D eigenvalue weighted by Crippen LogP contribution is -2.43. The molecule has 0 spiro atoms. The van der Waals surface area contributed by atoms with Crippen LogP contribution in [0.5, 0.6) is 0 Å². The van der Waals surface area contributed by atoms with Gasteiger partial charge < -0.3 is 15.7 Å². The van der Waals surface area contributed by atoms with Crippen LogP contribution in [0.15, 0.2) is 54.6 Å². The predicted octanol–water partition coefficient (Wildman–Crippen LogP) is 2.82. The highest BCUT2D eigenvalue weighted by Crippen LogP contribution is 2.27. The van der Waals surface area contributed by atoms with E-state index in [1.54, 1.807) is 12.1 Å². The molecule has 0 saturated heterocycles. The molecule has 0 heterocycles. The van der Waals surface area contributed by atoms with Gasteiger partial charge in [-0.15, -0.1) is 0 Å². The Balaban J connectivity index is 2.05. The maximum atomic E-state index is 12.2. The highest BCUT2D eigenvalue weighted by atomic mass is 16.3. The Kier molecular flexibility index (Phi) is 5.93. The summed E-state index contributed by atoms with van der Waals surface area (Å²) in [5.74, 6) is -1.53. The van der Waals surface area contributed by atoms with Crippen molar-refractivity contribution in [3.63, 3.8) is 0 Å². The number of amides is 2. The number of aliphatic hydroxyl groups is 1. The van der Waals surface area contributed by atoms with Gasteiger partial charge >= 0.3 is 11.8 Å². The average molecular weight is 340 g/mol. The highest BCUT2D eigenvalue weighted by molar-refractivity contribution is 6.40. The number of para-hydroxylation sites is 1. The second-order valence-corrected chi connectivity index (χ2v) is 6.96. The maximum absolute atomic E-state index is 12.2. The van der Waals surface area contributed by atoms with Crippen LogP contribution in [0.3, 0.4) is 0 Å². The van der Waals surface area contributed by atoms with E-state index in [0.29, 0.717) is 5.69 Å². The molecule has 0 aliphatic carbocycles. The zero-order chi connectivity index (χ0) is 18.4. The lowest BCUT2D eigenvalue weighted by atomic mass is 9.89. The quantitative estimate of drug-likeness (QED) is 0.749. The van der Waals surface area contributed by atoms with Gasteiger partial charge in [0.05, 0.1) is 6.10 Å². The van der Waals surface area contributed by atoms with Crippen LogP contribution in [-0.2, 0) is 9.59 Å². The molecule has 0 bridgehead atoms. The zero-order valence-electron chi connectivity index (χ0n) is 14.7. The van der Waals surface area contributed by atoms with Gasteiger partial charge in [-0.05, 0) is 17.0 Å². The van der Waals surface area contributed by atoms with Crippen LogP contribution in [0.1, 0.15) is 20.8 Å². The van der Waals surface area contributed by atoms with Crippen molar-refractivity contribution in [3.05, 3.63) is 54.6 Å². The van der Waals surface area contributed by atoms with E-state index in [9.17, 15) is 14.7 Å². The first-order valence-corrected chi connectivity index (χ1v) is 8.20. The fraction of sp³-hybridized carbons (Fsp3) is 0.300. The molecule has 5 heteroatoms. The molecule has 2 amide bonds. The van der Waals surface area contributed by atoms with E-state index in [-0.39, 0.29) is 12.0 Å². The summed E-state index contributed by atoms with van der Waals surface area (Å²) >= 11 is 0.